The van der Waals surface area contributed by atoms with Gasteiger partial charge in [-0.05, 0) is 86.9 Å². The minimum atomic E-state index is -0.0362. The first kappa shape index (κ1) is 15.0. The van der Waals surface area contributed by atoms with Crippen LogP contribution in [-0.4, -0.2) is 16.9 Å². The van der Waals surface area contributed by atoms with Crippen LogP contribution < -0.4 is 5.84 Å². The summed E-state index contributed by atoms with van der Waals surface area (Å²) in [5.74, 6) is 9.00. The lowest BCUT2D eigenvalue weighted by Gasteiger charge is -2.60. The molecular formula is C19H32N2O. The molecule has 4 saturated carbocycles. The lowest BCUT2D eigenvalue weighted by Crippen LogP contribution is -2.54. The van der Waals surface area contributed by atoms with Gasteiger partial charge in [-0.3, -0.25) is 0 Å². The first-order chi connectivity index (χ1) is 10.5. The van der Waals surface area contributed by atoms with Crippen LogP contribution in [-0.2, 0) is 0 Å². The third-order valence-corrected chi connectivity index (χ3v) is 8.53. The van der Waals surface area contributed by atoms with Crippen LogP contribution in [0.15, 0.2) is 5.10 Å². The van der Waals surface area contributed by atoms with E-state index >= 15 is 0 Å². The molecule has 3 heteroatoms. The fourth-order valence-corrected chi connectivity index (χ4v) is 7.24. The number of hydrazone groups is 1. The molecule has 7 atom stereocenters. The molecule has 124 valence electrons. The van der Waals surface area contributed by atoms with Gasteiger partial charge in [-0.2, -0.15) is 5.10 Å². The molecule has 3 nitrogen and oxygen atoms in total. The van der Waals surface area contributed by atoms with Crippen molar-refractivity contribution in [3.05, 3.63) is 0 Å². The van der Waals surface area contributed by atoms with Gasteiger partial charge in [-0.15, -0.1) is 0 Å². The van der Waals surface area contributed by atoms with Crippen molar-refractivity contribution in [2.45, 2.75) is 77.7 Å². The van der Waals surface area contributed by atoms with Crippen LogP contribution in [0.25, 0.3) is 0 Å². The average molecular weight is 304 g/mol. The SMILES string of the molecule is C[C@]12CC[C@@H](O)C[C@@H]1CC[C@H]1[C@H]2CC[C@]2(C)/C(=N/N)CC[C@H]12. The number of aliphatic hydroxyl groups excluding tert-OH is 1. The fourth-order valence-electron chi connectivity index (χ4n) is 7.24. The standard InChI is InChI=1S/C19H32N2O/c1-18-9-7-13(22)11-12(18)3-4-14-15-5-6-17(21-20)19(15,2)10-8-16(14)18/h12-16,22H,3-11,20H2,1-2H3/b21-17+/t12-,13+,14+,15+,16+,18-,19-/m0/s1. The van der Waals surface area contributed by atoms with Crippen molar-refractivity contribution in [1.82, 2.24) is 0 Å². The molecule has 0 aliphatic heterocycles. The van der Waals surface area contributed by atoms with Crippen molar-refractivity contribution in [2.24, 2.45) is 45.4 Å². The van der Waals surface area contributed by atoms with Crippen molar-refractivity contribution in [3.8, 4) is 0 Å². The van der Waals surface area contributed by atoms with E-state index in [0.717, 1.165) is 42.9 Å². The van der Waals surface area contributed by atoms with E-state index in [1.807, 2.05) is 0 Å². The van der Waals surface area contributed by atoms with Gasteiger partial charge in [0, 0.05) is 11.1 Å². The van der Waals surface area contributed by atoms with Crippen LogP contribution in [0, 0.1) is 34.5 Å². The van der Waals surface area contributed by atoms with Gasteiger partial charge >= 0.3 is 0 Å². The van der Waals surface area contributed by atoms with Crippen molar-refractivity contribution in [3.63, 3.8) is 0 Å². The zero-order valence-electron chi connectivity index (χ0n) is 14.2. The van der Waals surface area contributed by atoms with Crippen molar-refractivity contribution in [2.75, 3.05) is 0 Å². The highest BCUT2D eigenvalue weighted by atomic mass is 16.3. The minimum Gasteiger partial charge on any atom is -0.393 e. The van der Waals surface area contributed by atoms with Gasteiger partial charge < -0.3 is 10.9 Å². The zero-order valence-corrected chi connectivity index (χ0v) is 14.2. The summed E-state index contributed by atoms with van der Waals surface area (Å²) in [5.41, 5.74) is 2.06. The highest BCUT2D eigenvalue weighted by molar-refractivity contribution is 5.92. The molecule has 0 aromatic heterocycles. The highest BCUT2D eigenvalue weighted by Crippen LogP contribution is 2.65. The van der Waals surface area contributed by atoms with Crippen LogP contribution in [0.5, 0.6) is 0 Å². The minimum absolute atomic E-state index is 0.0362. The predicted octanol–water partition coefficient (Wildman–Crippen LogP) is 3.70. The van der Waals surface area contributed by atoms with E-state index < -0.39 is 0 Å². The van der Waals surface area contributed by atoms with Crippen LogP contribution in [0.4, 0.5) is 0 Å². The van der Waals surface area contributed by atoms with Gasteiger partial charge in [0.15, 0.2) is 0 Å². The number of hydrogen-bond donors (Lipinski definition) is 2. The summed E-state index contributed by atoms with van der Waals surface area (Å²) in [4.78, 5) is 0. The quantitative estimate of drug-likeness (QED) is 0.529. The second-order valence-electron chi connectivity index (χ2n) is 9.16. The normalized spacial score (nSPS) is 56.3. The third kappa shape index (κ3) is 1.87. The number of fused-ring (bicyclic) bond motifs is 5. The topological polar surface area (TPSA) is 58.6 Å². The molecule has 0 heterocycles. The van der Waals surface area contributed by atoms with E-state index in [0.29, 0.717) is 5.41 Å². The lowest BCUT2D eigenvalue weighted by atomic mass is 9.45. The Morgan fingerprint density at radius 2 is 1.86 bits per heavy atom. The second kappa shape index (κ2) is 4.96. The van der Waals surface area contributed by atoms with E-state index in [1.54, 1.807) is 0 Å². The van der Waals surface area contributed by atoms with Gasteiger partial charge in [0.05, 0.1) is 6.10 Å². The van der Waals surface area contributed by atoms with E-state index in [-0.39, 0.29) is 11.5 Å². The van der Waals surface area contributed by atoms with Gasteiger partial charge in [0.2, 0.25) is 0 Å². The van der Waals surface area contributed by atoms with Gasteiger partial charge in [0.25, 0.3) is 0 Å². The Balaban J connectivity index is 1.63. The molecular weight excluding hydrogens is 272 g/mol. The molecule has 4 rings (SSSR count). The molecule has 0 aromatic rings. The monoisotopic (exact) mass is 304 g/mol. The Labute approximate surface area is 134 Å². The summed E-state index contributed by atoms with van der Waals surface area (Å²) >= 11 is 0. The zero-order chi connectivity index (χ0) is 15.5. The van der Waals surface area contributed by atoms with E-state index in [1.165, 1.54) is 44.2 Å². The molecule has 0 bridgehead atoms. The molecule has 0 radical (unpaired) electrons. The molecule has 0 unspecified atom stereocenters. The van der Waals surface area contributed by atoms with Crippen molar-refractivity contribution in [1.29, 1.82) is 0 Å². The molecule has 4 aliphatic rings. The van der Waals surface area contributed by atoms with E-state index in [4.69, 9.17) is 5.84 Å². The lowest BCUT2D eigenvalue weighted by molar-refractivity contribution is -0.113. The maximum Gasteiger partial charge on any atom is 0.0543 e. The third-order valence-electron chi connectivity index (χ3n) is 8.53. The Morgan fingerprint density at radius 1 is 1.05 bits per heavy atom. The van der Waals surface area contributed by atoms with Crippen LogP contribution in [0.3, 0.4) is 0 Å². The molecule has 0 aromatic carbocycles. The van der Waals surface area contributed by atoms with Gasteiger partial charge in [0.1, 0.15) is 0 Å². The molecule has 0 saturated heterocycles. The summed E-state index contributed by atoms with van der Waals surface area (Å²) in [6, 6.07) is 0. The number of nitrogens with zero attached hydrogens (tertiary/aromatic N) is 1. The van der Waals surface area contributed by atoms with Crippen LogP contribution in [0.2, 0.25) is 0 Å². The molecule has 4 fully saturated rings. The number of rotatable bonds is 0. The van der Waals surface area contributed by atoms with E-state index in [2.05, 4.69) is 18.9 Å². The molecule has 0 amide bonds. The largest absolute Gasteiger partial charge is 0.393 e. The fraction of sp³-hybridized carbons (Fsp3) is 0.947. The smallest absolute Gasteiger partial charge is 0.0543 e. The first-order valence-electron chi connectivity index (χ1n) is 9.44. The van der Waals surface area contributed by atoms with Crippen molar-refractivity contribution >= 4 is 5.71 Å². The molecule has 4 aliphatic carbocycles. The number of nitrogens with two attached hydrogens (primary N) is 1. The van der Waals surface area contributed by atoms with E-state index in [9.17, 15) is 5.11 Å². The van der Waals surface area contributed by atoms with Crippen LogP contribution in [0.1, 0.15) is 71.6 Å². The average Bonchev–Trinajstić information content (AvgIpc) is 2.84. The summed E-state index contributed by atoms with van der Waals surface area (Å²) in [5, 5.41) is 14.3. The Morgan fingerprint density at radius 3 is 2.64 bits per heavy atom. The second-order valence-corrected chi connectivity index (χ2v) is 9.16. The number of aliphatic hydroxyl groups is 1. The summed E-state index contributed by atoms with van der Waals surface area (Å²) in [7, 11) is 0. The van der Waals surface area contributed by atoms with Gasteiger partial charge in [-0.25, -0.2) is 0 Å². The number of hydrogen-bond acceptors (Lipinski definition) is 3. The predicted molar refractivity (Wildman–Crippen MR) is 89.4 cm³/mol. The molecule has 3 N–H and O–H groups in total. The first-order valence-corrected chi connectivity index (χ1v) is 9.44. The van der Waals surface area contributed by atoms with Gasteiger partial charge in [-0.1, -0.05) is 13.8 Å². The van der Waals surface area contributed by atoms with Crippen LogP contribution >= 0.6 is 0 Å². The summed E-state index contributed by atoms with van der Waals surface area (Å²) < 4.78 is 0. The summed E-state index contributed by atoms with van der Waals surface area (Å²) in [6.07, 6.45) is 11.0. The molecule has 0 spiro atoms. The highest BCUT2D eigenvalue weighted by Gasteiger charge is 2.59. The Kier molecular flexibility index (Phi) is 3.38. The Hall–Kier alpha value is -0.570. The Bertz CT molecular complexity index is 490. The van der Waals surface area contributed by atoms with Crippen molar-refractivity contribution < 1.29 is 5.11 Å². The summed E-state index contributed by atoms with van der Waals surface area (Å²) in [6.45, 7) is 4.99. The maximum absolute atomic E-state index is 10.1. The molecule has 22 heavy (non-hydrogen) atoms. The maximum atomic E-state index is 10.1.